The Hall–Kier alpha value is -2.82. The standard InChI is InChI=1S/C19H16N2O3/c22-17(10-14-3-1-12-5-8-20-18(12)21-14)19(6-7-19)13-2-4-15-16(9-13)24-11-23-15/h1-5,8-9H,6-7,10-11H2,(H,20,21). The molecule has 120 valence electrons. The van der Waals surface area contributed by atoms with E-state index in [9.17, 15) is 4.79 Å². The van der Waals surface area contributed by atoms with Gasteiger partial charge in [0, 0.05) is 18.0 Å². The Balaban J connectivity index is 1.43. The minimum absolute atomic E-state index is 0.222. The highest BCUT2D eigenvalue weighted by Crippen LogP contribution is 2.51. The maximum absolute atomic E-state index is 12.9. The fourth-order valence-electron chi connectivity index (χ4n) is 3.45. The van der Waals surface area contributed by atoms with Gasteiger partial charge in [0.2, 0.25) is 6.79 Å². The predicted octanol–water partition coefficient (Wildman–Crippen LogP) is 3.14. The molecule has 5 nitrogen and oxygen atoms in total. The van der Waals surface area contributed by atoms with Crippen LogP contribution in [-0.4, -0.2) is 22.5 Å². The van der Waals surface area contributed by atoms with Crippen LogP contribution >= 0.6 is 0 Å². The van der Waals surface area contributed by atoms with Crippen LogP contribution < -0.4 is 9.47 Å². The highest BCUT2D eigenvalue weighted by atomic mass is 16.7. The van der Waals surface area contributed by atoms with Crippen LogP contribution in [0.4, 0.5) is 0 Å². The normalized spacial score (nSPS) is 17.2. The lowest BCUT2D eigenvalue weighted by Gasteiger charge is -2.15. The number of carbonyl (C=O) groups excluding carboxylic acids is 1. The summed E-state index contributed by atoms with van der Waals surface area (Å²) in [6, 6.07) is 11.7. The number of benzene rings is 1. The zero-order valence-electron chi connectivity index (χ0n) is 13.0. The molecule has 1 N–H and O–H groups in total. The number of ether oxygens (including phenoxy) is 2. The third kappa shape index (κ3) is 2.01. The first-order valence-electron chi connectivity index (χ1n) is 8.11. The van der Waals surface area contributed by atoms with Crippen LogP contribution in [0.2, 0.25) is 0 Å². The molecule has 0 spiro atoms. The second kappa shape index (κ2) is 4.84. The first-order chi connectivity index (χ1) is 11.7. The molecule has 1 fully saturated rings. The van der Waals surface area contributed by atoms with E-state index in [1.165, 1.54) is 0 Å². The van der Waals surface area contributed by atoms with Crippen LogP contribution in [0.3, 0.4) is 0 Å². The van der Waals surface area contributed by atoms with E-state index in [1.807, 2.05) is 42.6 Å². The van der Waals surface area contributed by atoms with Crippen molar-refractivity contribution in [3.8, 4) is 11.5 Å². The van der Waals surface area contributed by atoms with E-state index >= 15 is 0 Å². The lowest BCUT2D eigenvalue weighted by Crippen LogP contribution is -2.23. The molecule has 1 aliphatic carbocycles. The molecule has 5 heteroatoms. The van der Waals surface area contributed by atoms with E-state index in [4.69, 9.17) is 9.47 Å². The van der Waals surface area contributed by atoms with Crippen LogP contribution in [0.15, 0.2) is 42.6 Å². The summed E-state index contributed by atoms with van der Waals surface area (Å²) in [7, 11) is 0. The average molecular weight is 320 g/mol. The Morgan fingerprint density at radius 1 is 1.12 bits per heavy atom. The molecule has 3 aromatic rings. The minimum atomic E-state index is -0.382. The molecule has 0 bridgehead atoms. The van der Waals surface area contributed by atoms with E-state index < -0.39 is 0 Å². The molecule has 1 aliphatic heterocycles. The van der Waals surface area contributed by atoms with Crippen LogP contribution in [-0.2, 0) is 16.6 Å². The lowest BCUT2D eigenvalue weighted by molar-refractivity contribution is -0.120. The number of Topliss-reactive ketones (excluding diaryl/α,β-unsaturated/α-hetero) is 1. The van der Waals surface area contributed by atoms with Crippen LogP contribution in [0.5, 0.6) is 11.5 Å². The van der Waals surface area contributed by atoms with Gasteiger partial charge in [0.15, 0.2) is 11.5 Å². The van der Waals surface area contributed by atoms with Gasteiger partial charge < -0.3 is 14.5 Å². The van der Waals surface area contributed by atoms with Crippen molar-refractivity contribution in [2.45, 2.75) is 24.7 Å². The van der Waals surface area contributed by atoms with Gasteiger partial charge in [-0.1, -0.05) is 6.07 Å². The molecule has 0 atom stereocenters. The van der Waals surface area contributed by atoms with Gasteiger partial charge in [-0.15, -0.1) is 0 Å². The zero-order chi connectivity index (χ0) is 16.1. The molecule has 2 aliphatic rings. The molecular formula is C19H16N2O3. The number of hydrogen-bond donors (Lipinski definition) is 1. The van der Waals surface area contributed by atoms with Gasteiger partial charge in [0.1, 0.15) is 11.4 Å². The molecule has 0 unspecified atom stereocenters. The van der Waals surface area contributed by atoms with Crippen LogP contribution in [0.1, 0.15) is 24.1 Å². The molecular weight excluding hydrogens is 304 g/mol. The van der Waals surface area contributed by atoms with Crippen molar-refractivity contribution in [1.82, 2.24) is 9.97 Å². The summed E-state index contributed by atoms with van der Waals surface area (Å²) in [4.78, 5) is 20.6. The molecule has 1 aromatic carbocycles. The number of nitrogens with zero attached hydrogens (tertiary/aromatic N) is 1. The summed E-state index contributed by atoms with van der Waals surface area (Å²) >= 11 is 0. The Morgan fingerprint density at radius 3 is 2.88 bits per heavy atom. The number of ketones is 1. The molecule has 24 heavy (non-hydrogen) atoms. The zero-order valence-corrected chi connectivity index (χ0v) is 13.0. The Labute approximate surface area is 138 Å². The summed E-state index contributed by atoms with van der Waals surface area (Å²) in [5.41, 5.74) is 2.28. The lowest BCUT2D eigenvalue weighted by atomic mass is 9.88. The topological polar surface area (TPSA) is 64.2 Å². The Morgan fingerprint density at radius 2 is 2.00 bits per heavy atom. The van der Waals surface area contributed by atoms with Crippen molar-refractivity contribution >= 4 is 16.8 Å². The third-order valence-electron chi connectivity index (χ3n) is 5.02. The van der Waals surface area contributed by atoms with Gasteiger partial charge in [0.25, 0.3) is 0 Å². The number of fused-ring (bicyclic) bond motifs is 2. The summed E-state index contributed by atoms with van der Waals surface area (Å²) in [6.45, 7) is 0.250. The quantitative estimate of drug-likeness (QED) is 0.802. The fraction of sp³-hybridized carbons (Fsp3) is 0.263. The number of aromatic amines is 1. The number of carbonyl (C=O) groups is 1. The Bertz CT molecular complexity index is 956. The van der Waals surface area contributed by atoms with Crippen LogP contribution in [0, 0.1) is 0 Å². The van der Waals surface area contributed by atoms with Gasteiger partial charge in [0.05, 0.1) is 11.1 Å². The van der Waals surface area contributed by atoms with Crippen molar-refractivity contribution in [3.05, 3.63) is 53.9 Å². The van der Waals surface area contributed by atoms with E-state index in [2.05, 4.69) is 9.97 Å². The van der Waals surface area contributed by atoms with E-state index in [-0.39, 0.29) is 18.0 Å². The van der Waals surface area contributed by atoms with Gasteiger partial charge in [-0.05, 0) is 48.7 Å². The van der Waals surface area contributed by atoms with Crippen molar-refractivity contribution < 1.29 is 14.3 Å². The number of hydrogen-bond acceptors (Lipinski definition) is 4. The molecule has 0 saturated heterocycles. The highest BCUT2D eigenvalue weighted by molar-refractivity contribution is 5.94. The summed E-state index contributed by atoms with van der Waals surface area (Å²) < 4.78 is 10.8. The first kappa shape index (κ1) is 13.6. The van der Waals surface area contributed by atoms with E-state index in [0.717, 1.165) is 46.6 Å². The van der Waals surface area contributed by atoms with Crippen LogP contribution in [0.25, 0.3) is 11.0 Å². The molecule has 3 heterocycles. The number of H-pyrrole nitrogens is 1. The number of aromatic nitrogens is 2. The Kier molecular flexibility index (Phi) is 2.74. The average Bonchev–Trinajstić information content (AvgIpc) is 3.05. The second-order valence-electron chi connectivity index (χ2n) is 6.47. The van der Waals surface area contributed by atoms with Crippen molar-refractivity contribution in [1.29, 1.82) is 0 Å². The van der Waals surface area contributed by atoms with E-state index in [0.29, 0.717) is 6.42 Å². The number of pyridine rings is 1. The minimum Gasteiger partial charge on any atom is -0.454 e. The summed E-state index contributed by atoms with van der Waals surface area (Å²) in [5, 5.41) is 1.06. The van der Waals surface area contributed by atoms with Crippen molar-refractivity contribution in [2.24, 2.45) is 0 Å². The fourth-order valence-corrected chi connectivity index (χ4v) is 3.45. The first-order valence-corrected chi connectivity index (χ1v) is 8.11. The number of rotatable bonds is 4. The monoisotopic (exact) mass is 320 g/mol. The third-order valence-corrected chi connectivity index (χ3v) is 5.02. The maximum Gasteiger partial charge on any atom is 0.231 e. The maximum atomic E-state index is 12.9. The summed E-state index contributed by atoms with van der Waals surface area (Å²) in [5.74, 6) is 1.71. The van der Waals surface area contributed by atoms with Gasteiger partial charge in [-0.2, -0.15) is 0 Å². The molecule has 1 saturated carbocycles. The smallest absolute Gasteiger partial charge is 0.231 e. The van der Waals surface area contributed by atoms with Gasteiger partial charge in [-0.3, -0.25) is 4.79 Å². The second-order valence-corrected chi connectivity index (χ2v) is 6.47. The molecule has 0 amide bonds. The largest absolute Gasteiger partial charge is 0.454 e. The van der Waals surface area contributed by atoms with Gasteiger partial charge in [-0.25, -0.2) is 4.98 Å². The van der Waals surface area contributed by atoms with Gasteiger partial charge >= 0.3 is 0 Å². The molecule has 2 aromatic heterocycles. The highest BCUT2D eigenvalue weighted by Gasteiger charge is 2.50. The SMILES string of the molecule is O=C(Cc1ccc2cc[nH]c2n1)C1(c2ccc3c(c2)OCO3)CC1. The van der Waals surface area contributed by atoms with E-state index in [1.54, 1.807) is 0 Å². The van der Waals surface area contributed by atoms with Crippen molar-refractivity contribution in [2.75, 3.05) is 6.79 Å². The predicted molar refractivity (Wildman–Crippen MR) is 88.3 cm³/mol. The molecule has 5 rings (SSSR count). The van der Waals surface area contributed by atoms with Crippen molar-refractivity contribution in [3.63, 3.8) is 0 Å². The summed E-state index contributed by atoms with van der Waals surface area (Å²) in [6.07, 6.45) is 3.98. The number of nitrogens with one attached hydrogen (secondary N) is 1. The molecule has 0 radical (unpaired) electrons.